The third kappa shape index (κ3) is 5.57. The van der Waals surface area contributed by atoms with Crippen LogP contribution in [-0.4, -0.2) is 36.8 Å². The fraction of sp³-hybridized carbons (Fsp3) is 0.206. The molecule has 0 aliphatic carbocycles. The van der Waals surface area contributed by atoms with Crippen molar-refractivity contribution in [1.29, 1.82) is 5.26 Å². The van der Waals surface area contributed by atoms with E-state index in [9.17, 15) is 19.2 Å². The van der Waals surface area contributed by atoms with Gasteiger partial charge in [0.1, 0.15) is 12.4 Å². The molecule has 10 heteroatoms. The first-order valence-corrected chi connectivity index (χ1v) is 14.6. The van der Waals surface area contributed by atoms with Gasteiger partial charge in [0.25, 0.3) is 0 Å². The number of amides is 3. The van der Waals surface area contributed by atoms with Crippen molar-refractivity contribution < 1.29 is 18.7 Å². The van der Waals surface area contributed by atoms with Gasteiger partial charge in [-0.2, -0.15) is 5.26 Å². The van der Waals surface area contributed by atoms with Gasteiger partial charge in [-0.3, -0.25) is 4.90 Å². The van der Waals surface area contributed by atoms with Gasteiger partial charge in [-0.05, 0) is 71.5 Å². The largest absolute Gasteiger partial charge is 0.444 e. The van der Waals surface area contributed by atoms with E-state index in [0.717, 1.165) is 27.9 Å². The highest BCUT2D eigenvalue weighted by atomic mass is 35.5. The van der Waals surface area contributed by atoms with Gasteiger partial charge < -0.3 is 10.5 Å². The number of hydrazine groups is 1. The predicted octanol–water partition coefficient (Wildman–Crippen LogP) is 7.01. The molecule has 2 aliphatic heterocycles. The molecule has 1 fully saturated rings. The smallest absolute Gasteiger partial charge is 0.414 e. The summed E-state index contributed by atoms with van der Waals surface area (Å²) in [6.07, 6.45) is 0.784. The Morgan fingerprint density at radius 3 is 2.43 bits per heavy atom. The Balaban J connectivity index is 1.30. The van der Waals surface area contributed by atoms with Crippen LogP contribution in [0.2, 0.25) is 5.02 Å². The minimum atomic E-state index is -0.703. The molecule has 0 aromatic heterocycles. The van der Waals surface area contributed by atoms with E-state index in [1.165, 1.54) is 23.2 Å². The summed E-state index contributed by atoms with van der Waals surface area (Å²) in [5.41, 5.74) is 10.7. The molecule has 0 atom stereocenters. The Morgan fingerprint density at radius 2 is 1.73 bits per heavy atom. The van der Waals surface area contributed by atoms with E-state index >= 15 is 0 Å². The van der Waals surface area contributed by atoms with Gasteiger partial charge in [0.05, 0.1) is 28.0 Å². The number of benzene rings is 4. The van der Waals surface area contributed by atoms with Gasteiger partial charge in [-0.15, -0.1) is 0 Å². The van der Waals surface area contributed by atoms with Gasteiger partial charge in [0.15, 0.2) is 0 Å². The molecule has 0 radical (unpaired) electrons. The number of carbonyl (C=O) groups excluding carboxylic acids is 2. The van der Waals surface area contributed by atoms with E-state index < -0.39 is 23.4 Å². The second kappa shape index (κ2) is 12.0. The molecule has 1 saturated heterocycles. The summed E-state index contributed by atoms with van der Waals surface area (Å²) in [7, 11) is 0. The summed E-state index contributed by atoms with van der Waals surface area (Å²) >= 11 is 6.00. The van der Waals surface area contributed by atoms with Crippen LogP contribution in [0.1, 0.15) is 29.5 Å². The molecule has 2 N–H and O–H groups in total. The number of primary amides is 1. The maximum atomic E-state index is 13.8. The van der Waals surface area contributed by atoms with Crippen LogP contribution in [0.4, 0.5) is 25.4 Å². The minimum absolute atomic E-state index is 0.104. The zero-order valence-electron chi connectivity index (χ0n) is 23.7. The summed E-state index contributed by atoms with van der Waals surface area (Å²) in [4.78, 5) is 27.8. The molecule has 0 bridgehead atoms. The second-order valence-electron chi connectivity index (χ2n) is 11.0. The lowest BCUT2D eigenvalue weighted by molar-refractivity contribution is 0.138. The SMILES string of the molecule is N#Cc1cccc(-c2ccc3c(c2)N(C(=O)OCc2ccccc2)CC32CCN(N(C(N)=O)c3ccc(F)c(Cl)c3)CC2)c1. The number of anilines is 2. The van der Waals surface area contributed by atoms with Crippen LogP contribution in [-0.2, 0) is 16.8 Å². The fourth-order valence-corrected chi connectivity index (χ4v) is 6.36. The summed E-state index contributed by atoms with van der Waals surface area (Å²) < 4.78 is 19.6. The number of ether oxygens (including phenoxy) is 1. The number of nitrogens with two attached hydrogens (primary N) is 1. The van der Waals surface area contributed by atoms with Crippen LogP contribution in [0.5, 0.6) is 0 Å². The maximum absolute atomic E-state index is 13.8. The van der Waals surface area contributed by atoms with Crippen molar-refractivity contribution in [2.75, 3.05) is 29.5 Å². The predicted molar refractivity (Wildman–Crippen MR) is 167 cm³/mol. The van der Waals surface area contributed by atoms with E-state index in [1.54, 1.807) is 11.0 Å². The number of nitrogens with zero attached hydrogens (tertiary/aromatic N) is 4. The third-order valence-corrected chi connectivity index (χ3v) is 8.70. The van der Waals surface area contributed by atoms with E-state index in [2.05, 4.69) is 12.1 Å². The highest BCUT2D eigenvalue weighted by molar-refractivity contribution is 6.31. The molecule has 1 spiro atoms. The lowest BCUT2D eigenvalue weighted by Gasteiger charge is -2.43. The number of hydrogen-bond donors (Lipinski definition) is 1. The van der Waals surface area contributed by atoms with Gasteiger partial charge >= 0.3 is 12.1 Å². The van der Waals surface area contributed by atoms with Crippen molar-refractivity contribution in [3.05, 3.63) is 119 Å². The number of piperidine rings is 1. The number of hydrogen-bond acceptors (Lipinski definition) is 5. The van der Waals surface area contributed by atoms with Crippen molar-refractivity contribution >= 4 is 35.1 Å². The summed E-state index contributed by atoms with van der Waals surface area (Å²) in [6.45, 7) is 1.46. The highest BCUT2D eigenvalue weighted by Crippen LogP contribution is 2.49. The molecule has 2 heterocycles. The van der Waals surface area contributed by atoms with Gasteiger partial charge in [-0.25, -0.2) is 24.0 Å². The standard InChI is InChI=1S/C34H29ClFN5O3/c35-29-19-27(10-12-30(29)36)41(32(38)42)39-15-13-34(14-16-39)22-40(33(43)44-21-23-5-2-1-3-6-23)31-18-26(9-11-28(31)34)25-8-4-7-24(17-25)20-37/h1-12,17-19H,13-16,21-22H2,(H2,38,42). The number of urea groups is 1. The van der Waals surface area contributed by atoms with Crippen LogP contribution >= 0.6 is 11.6 Å². The van der Waals surface area contributed by atoms with Crippen LogP contribution in [0, 0.1) is 17.1 Å². The molecule has 222 valence electrons. The van der Waals surface area contributed by atoms with E-state index in [-0.39, 0.29) is 11.6 Å². The van der Waals surface area contributed by atoms with Crippen molar-refractivity contribution in [2.45, 2.75) is 24.9 Å². The first-order chi connectivity index (χ1) is 21.3. The van der Waals surface area contributed by atoms with Crippen LogP contribution in [0.15, 0.2) is 91.0 Å². The molecule has 0 saturated carbocycles. The molecule has 2 aliphatic rings. The molecule has 8 nitrogen and oxygen atoms in total. The Morgan fingerprint density at radius 1 is 0.977 bits per heavy atom. The molecular weight excluding hydrogens is 581 g/mol. The molecule has 4 aromatic rings. The molecule has 6 rings (SSSR count). The van der Waals surface area contributed by atoms with Gasteiger partial charge in [0, 0.05) is 25.0 Å². The Bertz CT molecular complexity index is 1770. The number of rotatable bonds is 5. The number of nitriles is 1. The Kier molecular flexibility index (Phi) is 7.95. The second-order valence-corrected chi connectivity index (χ2v) is 11.4. The maximum Gasteiger partial charge on any atom is 0.414 e. The van der Waals surface area contributed by atoms with Crippen molar-refractivity contribution in [3.8, 4) is 17.2 Å². The molecular formula is C34H29ClFN5O3. The van der Waals surface area contributed by atoms with Gasteiger partial charge in [-0.1, -0.05) is 66.2 Å². The Hall–Kier alpha value is -4.91. The average Bonchev–Trinajstić information content (AvgIpc) is 3.36. The van der Waals surface area contributed by atoms with E-state index in [1.807, 2.05) is 65.7 Å². The topological polar surface area (TPSA) is 103 Å². The van der Waals surface area contributed by atoms with Gasteiger partial charge in [0.2, 0.25) is 0 Å². The summed E-state index contributed by atoms with van der Waals surface area (Å²) in [5.74, 6) is -0.585. The van der Waals surface area contributed by atoms with Crippen LogP contribution < -0.4 is 15.6 Å². The van der Waals surface area contributed by atoms with Crippen LogP contribution in [0.3, 0.4) is 0 Å². The normalized spacial score (nSPS) is 15.4. The molecule has 4 aromatic carbocycles. The number of carbonyl (C=O) groups is 2. The number of halogens is 2. The van der Waals surface area contributed by atoms with E-state index in [4.69, 9.17) is 22.1 Å². The highest BCUT2D eigenvalue weighted by Gasteiger charge is 2.48. The minimum Gasteiger partial charge on any atom is -0.444 e. The fourth-order valence-electron chi connectivity index (χ4n) is 6.18. The zero-order chi connectivity index (χ0) is 30.8. The molecule has 0 unspecified atom stereocenters. The number of fused-ring (bicyclic) bond motifs is 2. The quantitative estimate of drug-likeness (QED) is 0.262. The van der Waals surface area contributed by atoms with Crippen molar-refractivity contribution in [2.24, 2.45) is 5.73 Å². The van der Waals surface area contributed by atoms with Crippen molar-refractivity contribution in [1.82, 2.24) is 5.01 Å². The summed E-state index contributed by atoms with van der Waals surface area (Å²) in [6, 6.07) is 28.4. The zero-order valence-corrected chi connectivity index (χ0v) is 24.5. The average molecular weight is 610 g/mol. The van der Waals surface area contributed by atoms with Crippen LogP contribution in [0.25, 0.3) is 11.1 Å². The third-order valence-electron chi connectivity index (χ3n) is 8.41. The molecule has 44 heavy (non-hydrogen) atoms. The Labute approximate surface area is 259 Å². The summed E-state index contributed by atoms with van der Waals surface area (Å²) in [5, 5.41) is 12.5. The first kappa shape index (κ1) is 29.2. The van der Waals surface area contributed by atoms with Crippen molar-refractivity contribution in [3.63, 3.8) is 0 Å². The van der Waals surface area contributed by atoms with E-state index in [0.29, 0.717) is 43.7 Å². The monoisotopic (exact) mass is 609 g/mol. The first-order valence-electron chi connectivity index (χ1n) is 14.2. The lowest BCUT2D eigenvalue weighted by Crippen LogP contribution is -2.55. The molecule has 3 amide bonds. The lowest BCUT2D eigenvalue weighted by atomic mass is 9.74.